The van der Waals surface area contributed by atoms with Gasteiger partial charge in [0.1, 0.15) is 0 Å². The highest BCUT2D eigenvalue weighted by Crippen LogP contribution is 2.02. The molecule has 0 amide bonds. The van der Waals surface area contributed by atoms with Crippen LogP contribution in [0.25, 0.3) is 0 Å². The molecule has 0 atom stereocenters. The Balaban J connectivity index is 0. The van der Waals surface area contributed by atoms with E-state index in [1.807, 2.05) is 0 Å². The highest BCUT2D eigenvalue weighted by atomic mass is 16.5. The molecule has 0 unspecified atom stereocenters. The maximum Gasteiger partial charge on any atom is 0.0540 e. The van der Waals surface area contributed by atoms with Gasteiger partial charge in [-0.25, -0.2) is 0 Å². The first-order chi connectivity index (χ1) is 8.22. The van der Waals surface area contributed by atoms with Gasteiger partial charge in [-0.1, -0.05) is 53.4 Å². The van der Waals surface area contributed by atoms with E-state index in [2.05, 4.69) is 27.7 Å². The summed E-state index contributed by atoms with van der Waals surface area (Å²) in [7, 11) is 0. The van der Waals surface area contributed by atoms with Crippen molar-refractivity contribution in [2.24, 2.45) is 0 Å². The van der Waals surface area contributed by atoms with Gasteiger partial charge in [-0.15, -0.1) is 0 Å². The Hall–Kier alpha value is -0.0800. The van der Waals surface area contributed by atoms with E-state index in [4.69, 9.17) is 9.84 Å². The summed E-state index contributed by atoms with van der Waals surface area (Å²) in [5, 5.41) is 9.05. The van der Waals surface area contributed by atoms with Crippen molar-refractivity contribution in [3.8, 4) is 0 Å². The highest BCUT2D eigenvalue weighted by Gasteiger charge is 1.97. The molecule has 0 fully saturated rings. The molecule has 0 saturated carbocycles. The van der Waals surface area contributed by atoms with Crippen molar-refractivity contribution in [1.29, 1.82) is 0 Å². The summed E-state index contributed by atoms with van der Waals surface area (Å²) in [6.07, 6.45) is 9.00. The van der Waals surface area contributed by atoms with Crippen molar-refractivity contribution in [2.45, 2.75) is 85.2 Å². The van der Waals surface area contributed by atoms with Gasteiger partial charge in [0, 0.05) is 13.2 Å². The maximum absolute atomic E-state index is 9.05. The molecule has 17 heavy (non-hydrogen) atoms. The molecule has 0 aliphatic carbocycles. The molecule has 1 N–H and O–H groups in total. The fraction of sp³-hybridized carbons (Fsp3) is 1.00. The number of hydrogen-bond donors (Lipinski definition) is 1. The van der Waals surface area contributed by atoms with E-state index < -0.39 is 0 Å². The van der Waals surface area contributed by atoms with Crippen LogP contribution in [-0.4, -0.2) is 24.4 Å². The summed E-state index contributed by atoms with van der Waals surface area (Å²) >= 11 is 0. The minimum absolute atomic E-state index is 0.0370. The van der Waals surface area contributed by atoms with E-state index in [-0.39, 0.29) is 6.10 Å². The molecule has 0 spiro atoms. The Labute approximate surface area is 109 Å². The average molecular weight is 246 g/mol. The second kappa shape index (κ2) is 18.3. The van der Waals surface area contributed by atoms with Crippen LogP contribution < -0.4 is 0 Å². The predicted octanol–water partition coefficient (Wildman–Crippen LogP) is 4.55. The fourth-order valence-corrected chi connectivity index (χ4v) is 1.41. The van der Waals surface area contributed by atoms with E-state index in [9.17, 15) is 0 Å². The molecule has 2 nitrogen and oxygen atoms in total. The minimum atomic E-state index is -0.0370. The SMILES string of the molecule is CCCC(O)CCC.CCCCOCCCC. The van der Waals surface area contributed by atoms with Crippen molar-refractivity contribution in [2.75, 3.05) is 13.2 Å². The smallest absolute Gasteiger partial charge is 0.0540 e. The van der Waals surface area contributed by atoms with Crippen molar-refractivity contribution < 1.29 is 9.84 Å². The Bertz CT molecular complexity index is 103. The molecule has 0 radical (unpaired) electrons. The van der Waals surface area contributed by atoms with E-state index in [0.29, 0.717) is 0 Å². The molecule has 0 aliphatic heterocycles. The van der Waals surface area contributed by atoms with Crippen molar-refractivity contribution >= 4 is 0 Å². The van der Waals surface area contributed by atoms with E-state index in [0.717, 1.165) is 38.9 Å². The lowest BCUT2D eigenvalue weighted by atomic mass is 10.1. The van der Waals surface area contributed by atoms with Crippen molar-refractivity contribution in [1.82, 2.24) is 0 Å². The van der Waals surface area contributed by atoms with Gasteiger partial charge in [0.2, 0.25) is 0 Å². The molecule has 0 aliphatic rings. The lowest BCUT2D eigenvalue weighted by molar-refractivity contribution is 0.128. The highest BCUT2D eigenvalue weighted by molar-refractivity contribution is 4.51. The number of hydrogen-bond acceptors (Lipinski definition) is 2. The monoisotopic (exact) mass is 246 g/mol. The van der Waals surface area contributed by atoms with E-state index >= 15 is 0 Å². The Morgan fingerprint density at radius 1 is 0.765 bits per heavy atom. The predicted molar refractivity (Wildman–Crippen MR) is 76.5 cm³/mol. The zero-order valence-electron chi connectivity index (χ0n) is 12.5. The second-order valence-electron chi connectivity index (χ2n) is 4.55. The summed E-state index contributed by atoms with van der Waals surface area (Å²) in [6, 6.07) is 0. The molecule has 0 saturated heterocycles. The van der Waals surface area contributed by atoms with Gasteiger partial charge in [-0.2, -0.15) is 0 Å². The van der Waals surface area contributed by atoms with Gasteiger partial charge in [0.15, 0.2) is 0 Å². The van der Waals surface area contributed by atoms with Crippen LogP contribution in [0.1, 0.15) is 79.1 Å². The number of unbranched alkanes of at least 4 members (excludes halogenated alkanes) is 2. The standard InChI is InChI=1S/C8H18O.C7H16O/c1-3-5-7-9-8-6-4-2;1-3-5-7(8)6-4-2/h3-8H2,1-2H3;7-8H,3-6H2,1-2H3. The molecule has 0 rings (SSSR count). The minimum Gasteiger partial charge on any atom is -0.393 e. The third kappa shape index (κ3) is 21.7. The van der Waals surface area contributed by atoms with Gasteiger partial charge >= 0.3 is 0 Å². The van der Waals surface area contributed by atoms with Crippen molar-refractivity contribution in [3.05, 3.63) is 0 Å². The second-order valence-corrected chi connectivity index (χ2v) is 4.55. The molecule has 2 heteroatoms. The Morgan fingerprint density at radius 2 is 1.18 bits per heavy atom. The summed E-state index contributed by atoms with van der Waals surface area (Å²) in [4.78, 5) is 0. The Morgan fingerprint density at radius 3 is 1.47 bits per heavy atom. The first-order valence-electron chi connectivity index (χ1n) is 7.48. The van der Waals surface area contributed by atoms with Crippen LogP contribution in [0, 0.1) is 0 Å². The first kappa shape index (κ1) is 19.3. The third-order valence-electron chi connectivity index (χ3n) is 2.53. The molecule has 0 aromatic heterocycles. The van der Waals surface area contributed by atoms with Crippen LogP contribution in [0.5, 0.6) is 0 Å². The van der Waals surface area contributed by atoms with Crippen LogP contribution in [0.15, 0.2) is 0 Å². The number of ether oxygens (including phenoxy) is 1. The van der Waals surface area contributed by atoms with Gasteiger partial charge in [-0.3, -0.25) is 0 Å². The molecule has 0 aromatic carbocycles. The number of rotatable bonds is 10. The zero-order chi connectivity index (χ0) is 13.4. The Kier molecular flexibility index (Phi) is 20.7. The topological polar surface area (TPSA) is 29.5 Å². The molecule has 0 aromatic rings. The van der Waals surface area contributed by atoms with Crippen LogP contribution in [0.3, 0.4) is 0 Å². The third-order valence-corrected chi connectivity index (χ3v) is 2.53. The van der Waals surface area contributed by atoms with Crippen LogP contribution in [0.2, 0.25) is 0 Å². The summed E-state index contributed by atoms with van der Waals surface area (Å²) in [5.41, 5.74) is 0. The van der Waals surface area contributed by atoms with Gasteiger partial charge in [0.25, 0.3) is 0 Å². The van der Waals surface area contributed by atoms with Crippen LogP contribution >= 0.6 is 0 Å². The number of aliphatic hydroxyl groups is 1. The molecule has 0 bridgehead atoms. The lowest BCUT2D eigenvalue weighted by Gasteiger charge is -2.04. The zero-order valence-corrected chi connectivity index (χ0v) is 12.5. The number of aliphatic hydroxyl groups excluding tert-OH is 1. The quantitative estimate of drug-likeness (QED) is 0.573. The van der Waals surface area contributed by atoms with E-state index in [1.54, 1.807) is 0 Å². The molecular weight excluding hydrogens is 212 g/mol. The summed E-state index contributed by atoms with van der Waals surface area (Å²) < 4.78 is 5.31. The van der Waals surface area contributed by atoms with Gasteiger partial charge < -0.3 is 9.84 Å². The first-order valence-corrected chi connectivity index (χ1v) is 7.48. The fourth-order valence-electron chi connectivity index (χ4n) is 1.41. The van der Waals surface area contributed by atoms with E-state index in [1.165, 1.54) is 25.7 Å². The van der Waals surface area contributed by atoms with Crippen molar-refractivity contribution in [3.63, 3.8) is 0 Å². The lowest BCUT2D eigenvalue weighted by Crippen LogP contribution is -2.03. The average Bonchev–Trinajstić information content (AvgIpc) is 2.31. The summed E-state index contributed by atoms with van der Waals surface area (Å²) in [6.45, 7) is 10.5. The molecule has 106 valence electrons. The normalized spacial score (nSPS) is 10.2. The largest absolute Gasteiger partial charge is 0.393 e. The van der Waals surface area contributed by atoms with Crippen LogP contribution in [0.4, 0.5) is 0 Å². The molecule has 0 heterocycles. The van der Waals surface area contributed by atoms with Crippen LogP contribution in [-0.2, 0) is 4.74 Å². The van der Waals surface area contributed by atoms with Gasteiger partial charge in [-0.05, 0) is 25.7 Å². The summed E-state index contributed by atoms with van der Waals surface area (Å²) in [5.74, 6) is 0. The maximum atomic E-state index is 9.05. The molecular formula is C15H34O2. The van der Waals surface area contributed by atoms with Gasteiger partial charge in [0.05, 0.1) is 6.10 Å².